The van der Waals surface area contributed by atoms with Gasteiger partial charge in [-0.3, -0.25) is 9.69 Å². The Morgan fingerprint density at radius 2 is 1.94 bits per heavy atom. The van der Waals surface area contributed by atoms with E-state index in [4.69, 9.17) is 5.11 Å². The molecule has 0 aromatic heterocycles. The average Bonchev–Trinajstić information content (AvgIpc) is 2.71. The molecule has 0 aromatic carbocycles. The normalized spacial score (nSPS) is 31.1. The number of carboxylic acid groups (broad SMARTS) is 1. The first-order valence-electron chi connectivity index (χ1n) is 6.44. The summed E-state index contributed by atoms with van der Waals surface area (Å²) in [6.45, 7) is 0.374. The monoisotopic (exact) mass is 265 g/mol. The van der Waals surface area contributed by atoms with Crippen LogP contribution in [0.5, 0.6) is 0 Å². The molecule has 1 saturated carbocycles. The van der Waals surface area contributed by atoms with E-state index in [9.17, 15) is 18.0 Å². The lowest BCUT2D eigenvalue weighted by Gasteiger charge is -2.42. The van der Waals surface area contributed by atoms with E-state index in [1.807, 2.05) is 0 Å². The Bertz CT molecular complexity index is 319. The molecule has 3 atom stereocenters. The molecule has 0 amide bonds. The summed E-state index contributed by atoms with van der Waals surface area (Å²) in [4.78, 5) is 12.1. The highest BCUT2D eigenvalue weighted by atomic mass is 19.4. The van der Waals surface area contributed by atoms with Crippen LogP contribution in [0.2, 0.25) is 0 Å². The molecule has 1 saturated heterocycles. The van der Waals surface area contributed by atoms with Crippen molar-refractivity contribution in [3.05, 3.63) is 0 Å². The largest absolute Gasteiger partial charge is 0.481 e. The van der Waals surface area contributed by atoms with Crippen molar-refractivity contribution in [1.82, 2.24) is 4.90 Å². The first-order valence-corrected chi connectivity index (χ1v) is 6.44. The number of alkyl halides is 3. The molecular weight excluding hydrogens is 247 g/mol. The maximum absolute atomic E-state index is 13.0. The first kappa shape index (κ1) is 13.6. The molecule has 0 aromatic rings. The zero-order valence-corrected chi connectivity index (χ0v) is 10.1. The number of fused-ring (bicyclic) bond motifs is 1. The van der Waals surface area contributed by atoms with Crippen LogP contribution in [-0.2, 0) is 4.79 Å². The van der Waals surface area contributed by atoms with Gasteiger partial charge in [0.1, 0.15) is 6.04 Å². The fourth-order valence-electron chi connectivity index (χ4n) is 3.47. The van der Waals surface area contributed by atoms with Gasteiger partial charge in [0.05, 0.1) is 6.42 Å². The molecule has 2 fully saturated rings. The maximum atomic E-state index is 13.0. The van der Waals surface area contributed by atoms with Crippen molar-refractivity contribution in [3.8, 4) is 0 Å². The highest BCUT2D eigenvalue weighted by molar-refractivity contribution is 5.67. The second-order valence-electron chi connectivity index (χ2n) is 5.29. The molecule has 0 bridgehead atoms. The molecule has 6 heteroatoms. The number of halogens is 3. The van der Waals surface area contributed by atoms with Crippen molar-refractivity contribution in [3.63, 3.8) is 0 Å². The third-order valence-electron chi connectivity index (χ3n) is 4.18. The Balaban J connectivity index is 2.16. The van der Waals surface area contributed by atoms with Crippen molar-refractivity contribution in [1.29, 1.82) is 0 Å². The Morgan fingerprint density at radius 1 is 1.28 bits per heavy atom. The van der Waals surface area contributed by atoms with Crippen LogP contribution in [0.25, 0.3) is 0 Å². The van der Waals surface area contributed by atoms with E-state index in [-0.39, 0.29) is 6.04 Å². The summed E-state index contributed by atoms with van der Waals surface area (Å²) in [7, 11) is 0. The molecule has 1 aliphatic heterocycles. The molecule has 3 unspecified atom stereocenters. The second-order valence-corrected chi connectivity index (χ2v) is 5.29. The number of likely N-dealkylation sites (tertiary alicyclic amines) is 1. The van der Waals surface area contributed by atoms with Gasteiger partial charge in [-0.2, -0.15) is 13.2 Å². The van der Waals surface area contributed by atoms with E-state index in [1.165, 1.54) is 4.90 Å². The predicted octanol–water partition coefficient (Wildman–Crippen LogP) is 2.66. The third kappa shape index (κ3) is 2.79. The lowest BCUT2D eigenvalue weighted by molar-refractivity contribution is -0.200. The maximum Gasteiger partial charge on any atom is 0.404 e. The Labute approximate surface area is 104 Å². The topological polar surface area (TPSA) is 40.5 Å². The molecular formula is C12H18F3NO2. The van der Waals surface area contributed by atoms with Gasteiger partial charge in [0.2, 0.25) is 0 Å². The van der Waals surface area contributed by atoms with Crippen LogP contribution >= 0.6 is 0 Å². The SMILES string of the molecule is O=C(O)CC(N1CCCC2CCCC21)C(F)(F)F. The van der Waals surface area contributed by atoms with Gasteiger partial charge >= 0.3 is 12.1 Å². The van der Waals surface area contributed by atoms with Gasteiger partial charge in [0, 0.05) is 6.04 Å². The summed E-state index contributed by atoms with van der Waals surface area (Å²) < 4.78 is 39.1. The highest BCUT2D eigenvalue weighted by Gasteiger charge is 2.49. The molecule has 104 valence electrons. The summed E-state index contributed by atoms with van der Waals surface area (Å²) in [6.07, 6.45) is -0.846. The van der Waals surface area contributed by atoms with Crippen LogP contribution in [0.4, 0.5) is 13.2 Å². The molecule has 2 aliphatic rings. The number of piperidine rings is 1. The minimum absolute atomic E-state index is 0.0651. The highest BCUT2D eigenvalue weighted by Crippen LogP contribution is 2.41. The van der Waals surface area contributed by atoms with Gasteiger partial charge < -0.3 is 5.11 Å². The van der Waals surface area contributed by atoms with Crippen molar-refractivity contribution < 1.29 is 23.1 Å². The number of hydrogen-bond acceptors (Lipinski definition) is 2. The number of rotatable bonds is 3. The molecule has 1 aliphatic carbocycles. The summed E-state index contributed by atoms with van der Waals surface area (Å²) in [6, 6.07) is -1.88. The average molecular weight is 265 g/mol. The number of carboxylic acids is 1. The van der Waals surface area contributed by atoms with Crippen molar-refractivity contribution in [2.75, 3.05) is 6.54 Å². The van der Waals surface area contributed by atoms with Crippen LogP contribution in [0.3, 0.4) is 0 Å². The molecule has 3 nitrogen and oxygen atoms in total. The van der Waals surface area contributed by atoms with Crippen LogP contribution in [0.1, 0.15) is 38.5 Å². The fourth-order valence-corrected chi connectivity index (χ4v) is 3.47. The van der Waals surface area contributed by atoms with E-state index in [0.29, 0.717) is 12.5 Å². The van der Waals surface area contributed by atoms with Crippen LogP contribution < -0.4 is 0 Å². The van der Waals surface area contributed by atoms with Crippen LogP contribution in [-0.4, -0.2) is 40.8 Å². The lowest BCUT2D eigenvalue weighted by atomic mass is 9.90. The van der Waals surface area contributed by atoms with Gasteiger partial charge in [-0.1, -0.05) is 6.42 Å². The Kier molecular flexibility index (Phi) is 3.84. The number of carbonyl (C=O) groups is 1. The van der Waals surface area contributed by atoms with Crippen LogP contribution in [0, 0.1) is 5.92 Å². The minimum Gasteiger partial charge on any atom is -0.481 e. The molecule has 18 heavy (non-hydrogen) atoms. The Hall–Kier alpha value is -0.780. The fraction of sp³-hybridized carbons (Fsp3) is 0.917. The van der Waals surface area contributed by atoms with Crippen molar-refractivity contribution in [2.24, 2.45) is 5.92 Å². The second kappa shape index (κ2) is 5.07. The van der Waals surface area contributed by atoms with E-state index >= 15 is 0 Å². The van der Waals surface area contributed by atoms with E-state index in [2.05, 4.69) is 0 Å². The Morgan fingerprint density at radius 3 is 2.56 bits per heavy atom. The number of aliphatic carboxylic acids is 1. The minimum atomic E-state index is -4.46. The summed E-state index contributed by atoms with van der Waals surface area (Å²) in [5.74, 6) is -1.05. The van der Waals surface area contributed by atoms with Gasteiger partial charge in [-0.05, 0) is 38.1 Å². The molecule has 2 rings (SSSR count). The van der Waals surface area contributed by atoms with Gasteiger partial charge in [-0.15, -0.1) is 0 Å². The van der Waals surface area contributed by atoms with Crippen molar-refractivity contribution in [2.45, 2.75) is 56.8 Å². The van der Waals surface area contributed by atoms with Gasteiger partial charge in [0.15, 0.2) is 0 Å². The summed E-state index contributed by atoms with van der Waals surface area (Å²) >= 11 is 0. The van der Waals surface area contributed by atoms with Crippen LogP contribution in [0.15, 0.2) is 0 Å². The van der Waals surface area contributed by atoms with E-state index < -0.39 is 24.6 Å². The summed E-state index contributed by atoms with van der Waals surface area (Å²) in [5, 5.41) is 8.69. The standard InChI is InChI=1S/C12H18F3NO2/c13-12(14,15)10(7-11(17)18)16-6-2-4-8-3-1-5-9(8)16/h8-10H,1-7H2,(H,17,18). The van der Waals surface area contributed by atoms with Gasteiger partial charge in [0.25, 0.3) is 0 Å². The van der Waals surface area contributed by atoms with Crippen molar-refractivity contribution >= 4 is 5.97 Å². The molecule has 0 radical (unpaired) electrons. The van der Waals surface area contributed by atoms with E-state index in [1.54, 1.807) is 0 Å². The number of hydrogen-bond donors (Lipinski definition) is 1. The van der Waals surface area contributed by atoms with Gasteiger partial charge in [-0.25, -0.2) is 0 Å². The summed E-state index contributed by atoms with van der Waals surface area (Å²) in [5.41, 5.74) is 0. The first-order chi connectivity index (χ1) is 8.39. The lowest BCUT2D eigenvalue weighted by Crippen LogP contribution is -2.54. The quantitative estimate of drug-likeness (QED) is 0.852. The van der Waals surface area contributed by atoms with E-state index in [0.717, 1.165) is 32.1 Å². The predicted molar refractivity (Wildman–Crippen MR) is 59.2 cm³/mol. The number of nitrogens with zero attached hydrogens (tertiary/aromatic N) is 1. The molecule has 0 spiro atoms. The zero-order chi connectivity index (χ0) is 13.3. The molecule has 1 heterocycles. The zero-order valence-electron chi connectivity index (χ0n) is 10.1. The molecule has 1 N–H and O–H groups in total. The smallest absolute Gasteiger partial charge is 0.404 e. The third-order valence-corrected chi connectivity index (χ3v) is 4.18.